The second kappa shape index (κ2) is 8.60. The van der Waals surface area contributed by atoms with Crippen molar-refractivity contribution in [2.24, 2.45) is 0 Å². The fourth-order valence-electron chi connectivity index (χ4n) is 3.25. The van der Waals surface area contributed by atoms with Crippen LogP contribution < -0.4 is 14.7 Å². The zero-order valence-electron chi connectivity index (χ0n) is 16.0. The van der Waals surface area contributed by atoms with Crippen LogP contribution in [0.1, 0.15) is 5.56 Å². The molecule has 0 unspecified atom stereocenters. The summed E-state index contributed by atoms with van der Waals surface area (Å²) in [5, 5.41) is 8.40. The van der Waals surface area contributed by atoms with E-state index in [0.29, 0.717) is 5.95 Å². The van der Waals surface area contributed by atoms with Crippen molar-refractivity contribution in [1.82, 2.24) is 25.1 Å². The Morgan fingerprint density at radius 3 is 2.39 bits per heavy atom. The number of hydrogen-bond acceptors (Lipinski definition) is 8. The van der Waals surface area contributed by atoms with Gasteiger partial charge >= 0.3 is 0 Å². The molecular formula is C20H24N8. The van der Waals surface area contributed by atoms with Crippen molar-refractivity contribution in [3.63, 3.8) is 0 Å². The van der Waals surface area contributed by atoms with Crippen molar-refractivity contribution < 1.29 is 0 Å². The van der Waals surface area contributed by atoms with Crippen LogP contribution in [0.3, 0.4) is 0 Å². The summed E-state index contributed by atoms with van der Waals surface area (Å²) in [4.78, 5) is 19.8. The first-order valence-corrected chi connectivity index (χ1v) is 9.50. The molecular weight excluding hydrogens is 352 g/mol. The van der Waals surface area contributed by atoms with E-state index in [9.17, 15) is 0 Å². The number of piperazine rings is 1. The van der Waals surface area contributed by atoms with E-state index in [1.165, 1.54) is 5.56 Å². The van der Waals surface area contributed by atoms with Crippen LogP contribution in [-0.2, 0) is 6.42 Å². The van der Waals surface area contributed by atoms with E-state index in [2.05, 4.69) is 36.0 Å². The highest BCUT2D eigenvalue weighted by Gasteiger charge is 2.20. The number of hydrogen-bond donors (Lipinski definition) is 0. The van der Waals surface area contributed by atoms with Crippen LogP contribution in [0.15, 0.2) is 55.1 Å². The van der Waals surface area contributed by atoms with Crippen molar-refractivity contribution in [2.45, 2.75) is 6.42 Å². The van der Waals surface area contributed by atoms with Crippen molar-refractivity contribution >= 4 is 17.6 Å². The van der Waals surface area contributed by atoms with Gasteiger partial charge in [0.2, 0.25) is 5.95 Å². The Bertz CT molecular complexity index is 866. The van der Waals surface area contributed by atoms with E-state index >= 15 is 0 Å². The Morgan fingerprint density at radius 1 is 0.929 bits per heavy atom. The van der Waals surface area contributed by atoms with Gasteiger partial charge in [0.25, 0.3) is 0 Å². The van der Waals surface area contributed by atoms with E-state index in [1.54, 1.807) is 6.20 Å². The number of anilines is 3. The van der Waals surface area contributed by atoms with Crippen molar-refractivity contribution in [1.29, 1.82) is 0 Å². The Labute approximate surface area is 164 Å². The molecule has 4 rings (SSSR count). The second-order valence-electron chi connectivity index (χ2n) is 6.80. The van der Waals surface area contributed by atoms with E-state index in [4.69, 9.17) is 4.98 Å². The number of likely N-dealkylation sites (N-methyl/N-ethyl adjacent to an activating group) is 1. The van der Waals surface area contributed by atoms with Crippen LogP contribution in [0.4, 0.5) is 17.6 Å². The Kier molecular flexibility index (Phi) is 5.56. The molecule has 0 radical (unpaired) electrons. The second-order valence-corrected chi connectivity index (χ2v) is 6.80. The molecule has 0 saturated carbocycles. The highest BCUT2D eigenvalue weighted by molar-refractivity contribution is 5.45. The molecule has 0 amide bonds. The van der Waals surface area contributed by atoms with Crippen LogP contribution in [0.2, 0.25) is 0 Å². The first-order valence-electron chi connectivity index (χ1n) is 9.50. The quantitative estimate of drug-likeness (QED) is 0.643. The average Bonchev–Trinajstić information content (AvgIpc) is 2.79. The molecule has 1 aliphatic heterocycles. The summed E-state index contributed by atoms with van der Waals surface area (Å²) in [6, 6.07) is 10.1. The minimum atomic E-state index is 0.652. The molecule has 4 heterocycles. The maximum atomic E-state index is 4.74. The maximum absolute atomic E-state index is 4.74. The number of pyridine rings is 2. The van der Waals surface area contributed by atoms with Gasteiger partial charge in [-0.1, -0.05) is 6.07 Å². The predicted octanol–water partition coefficient (Wildman–Crippen LogP) is 1.67. The van der Waals surface area contributed by atoms with Gasteiger partial charge in [0.1, 0.15) is 5.82 Å². The van der Waals surface area contributed by atoms with Gasteiger partial charge < -0.3 is 14.7 Å². The molecule has 0 bridgehead atoms. The number of nitrogens with zero attached hydrogens (tertiary/aromatic N) is 8. The number of aromatic nitrogens is 5. The van der Waals surface area contributed by atoms with Crippen LogP contribution in [0.25, 0.3) is 0 Å². The molecule has 1 saturated heterocycles. The minimum Gasteiger partial charge on any atom is -0.353 e. The van der Waals surface area contributed by atoms with Crippen molar-refractivity contribution in [3.05, 3.63) is 60.7 Å². The standard InChI is InChI=1S/C20H24N8/c1-26(11-7-17-5-9-21-10-6-17)20-24-19(16-23-25-20)28-14-12-27(13-15-28)18-4-2-3-8-22-18/h2-6,8-10,16H,7,11-15H2,1H3. The zero-order valence-corrected chi connectivity index (χ0v) is 16.0. The first-order chi connectivity index (χ1) is 13.8. The first kappa shape index (κ1) is 18.1. The predicted molar refractivity (Wildman–Crippen MR) is 110 cm³/mol. The Balaban J connectivity index is 1.36. The van der Waals surface area contributed by atoms with Crippen molar-refractivity contribution in [3.8, 4) is 0 Å². The molecule has 0 N–H and O–H groups in total. The molecule has 8 heteroatoms. The SMILES string of the molecule is CN(CCc1ccncc1)c1nncc(N2CCN(c3ccccn3)CC2)n1. The lowest BCUT2D eigenvalue weighted by atomic mass is 10.2. The lowest BCUT2D eigenvalue weighted by Gasteiger charge is -2.36. The third kappa shape index (κ3) is 4.33. The Morgan fingerprint density at radius 2 is 1.68 bits per heavy atom. The van der Waals surface area contributed by atoms with Crippen LogP contribution in [0, 0.1) is 0 Å². The van der Waals surface area contributed by atoms with Gasteiger partial charge in [0.15, 0.2) is 5.82 Å². The smallest absolute Gasteiger partial charge is 0.247 e. The maximum Gasteiger partial charge on any atom is 0.247 e. The fourth-order valence-corrected chi connectivity index (χ4v) is 3.25. The van der Waals surface area contributed by atoms with Crippen LogP contribution in [-0.4, -0.2) is 64.9 Å². The lowest BCUT2D eigenvalue weighted by Crippen LogP contribution is -2.47. The third-order valence-electron chi connectivity index (χ3n) is 4.94. The van der Waals surface area contributed by atoms with E-state index in [-0.39, 0.29) is 0 Å². The van der Waals surface area contributed by atoms with Crippen LogP contribution in [0.5, 0.6) is 0 Å². The molecule has 3 aromatic heterocycles. The normalized spacial score (nSPS) is 14.2. The molecule has 0 atom stereocenters. The van der Waals surface area contributed by atoms with Gasteiger partial charge in [0.05, 0.1) is 6.20 Å². The Hall–Kier alpha value is -3.29. The van der Waals surface area contributed by atoms with Crippen LogP contribution >= 0.6 is 0 Å². The molecule has 0 spiro atoms. The molecule has 8 nitrogen and oxygen atoms in total. The molecule has 144 valence electrons. The zero-order chi connectivity index (χ0) is 19.2. The van der Waals surface area contributed by atoms with Crippen molar-refractivity contribution in [2.75, 3.05) is 54.5 Å². The van der Waals surface area contributed by atoms with E-state index in [0.717, 1.165) is 50.8 Å². The number of rotatable bonds is 6. The summed E-state index contributed by atoms with van der Waals surface area (Å²) in [6.45, 7) is 4.41. The van der Waals surface area contributed by atoms with Gasteiger partial charge in [-0.3, -0.25) is 4.98 Å². The highest BCUT2D eigenvalue weighted by atomic mass is 15.4. The fraction of sp³-hybridized carbons (Fsp3) is 0.350. The summed E-state index contributed by atoms with van der Waals surface area (Å²) in [5.74, 6) is 2.56. The molecule has 3 aromatic rings. The lowest BCUT2D eigenvalue weighted by molar-refractivity contribution is 0.637. The van der Waals surface area contributed by atoms with Gasteiger partial charge in [0, 0.05) is 58.4 Å². The topological polar surface area (TPSA) is 74.2 Å². The molecule has 0 aliphatic carbocycles. The van der Waals surface area contributed by atoms with E-state index in [1.807, 2.05) is 54.8 Å². The van der Waals surface area contributed by atoms with Gasteiger partial charge in [-0.05, 0) is 36.2 Å². The monoisotopic (exact) mass is 376 g/mol. The van der Waals surface area contributed by atoms with Gasteiger partial charge in [-0.25, -0.2) is 4.98 Å². The summed E-state index contributed by atoms with van der Waals surface area (Å²) in [6.07, 6.45) is 8.13. The molecule has 0 aromatic carbocycles. The summed E-state index contributed by atoms with van der Waals surface area (Å²) < 4.78 is 0. The largest absolute Gasteiger partial charge is 0.353 e. The molecule has 1 aliphatic rings. The van der Waals surface area contributed by atoms with Gasteiger partial charge in [-0.15, -0.1) is 5.10 Å². The molecule has 28 heavy (non-hydrogen) atoms. The highest BCUT2D eigenvalue weighted by Crippen LogP contribution is 2.18. The van der Waals surface area contributed by atoms with Gasteiger partial charge in [-0.2, -0.15) is 10.1 Å². The van der Waals surface area contributed by atoms with E-state index < -0.39 is 0 Å². The summed E-state index contributed by atoms with van der Waals surface area (Å²) in [7, 11) is 2.00. The summed E-state index contributed by atoms with van der Waals surface area (Å²) >= 11 is 0. The molecule has 1 fully saturated rings. The average molecular weight is 376 g/mol. The summed E-state index contributed by atoms with van der Waals surface area (Å²) in [5.41, 5.74) is 1.25. The minimum absolute atomic E-state index is 0.652. The third-order valence-corrected chi connectivity index (χ3v) is 4.94.